The zero-order chi connectivity index (χ0) is 13.9. The van der Waals surface area contributed by atoms with Gasteiger partial charge >= 0.3 is 0 Å². The molecule has 0 saturated carbocycles. The number of aromatic nitrogens is 5. The summed E-state index contributed by atoms with van der Waals surface area (Å²) < 4.78 is 3.28. The second-order valence-electron chi connectivity index (χ2n) is 4.41. The Bertz CT molecular complexity index is 729. The van der Waals surface area contributed by atoms with Gasteiger partial charge in [0.25, 0.3) is 0 Å². The quantitative estimate of drug-likeness (QED) is 0.671. The van der Waals surface area contributed by atoms with Crippen molar-refractivity contribution >= 4 is 5.78 Å². The molecule has 2 aromatic heterocycles. The molecule has 0 aliphatic heterocycles. The Morgan fingerprint density at radius 1 is 1.20 bits per heavy atom. The summed E-state index contributed by atoms with van der Waals surface area (Å²) in [5.41, 5.74) is 1.49. The molecule has 2 heterocycles. The van der Waals surface area contributed by atoms with Crippen LogP contribution in [0.2, 0.25) is 0 Å². The summed E-state index contributed by atoms with van der Waals surface area (Å²) in [5, 5.41) is 8.16. The maximum absolute atomic E-state index is 12.2. The van der Waals surface area contributed by atoms with Crippen LogP contribution in [0, 0.1) is 0 Å². The molecule has 0 aliphatic carbocycles. The number of carbonyl (C=O) groups excluding carboxylic acids is 1. The first-order valence-corrected chi connectivity index (χ1v) is 6.20. The lowest BCUT2D eigenvalue weighted by Crippen LogP contribution is -2.08. The maximum atomic E-state index is 12.2. The average Bonchev–Trinajstić information content (AvgIpc) is 3.10. The number of ketones is 1. The Labute approximate surface area is 115 Å². The van der Waals surface area contributed by atoms with Gasteiger partial charge in [0.1, 0.15) is 12.2 Å². The first-order valence-electron chi connectivity index (χ1n) is 6.20. The third-order valence-electron chi connectivity index (χ3n) is 3.05. The molecular weight excluding hydrogens is 254 g/mol. The van der Waals surface area contributed by atoms with Crippen LogP contribution in [-0.4, -0.2) is 30.3 Å². The average molecular weight is 267 g/mol. The normalized spacial score (nSPS) is 10.7. The molecule has 0 amide bonds. The van der Waals surface area contributed by atoms with Crippen molar-refractivity contribution in [3.63, 3.8) is 0 Å². The lowest BCUT2D eigenvalue weighted by Gasteiger charge is -1.99. The predicted octanol–water partition coefficient (Wildman–Crippen LogP) is 1.43. The number of carbonyl (C=O) groups is 1. The van der Waals surface area contributed by atoms with Crippen molar-refractivity contribution in [1.29, 1.82) is 0 Å². The van der Waals surface area contributed by atoms with Crippen LogP contribution in [0.3, 0.4) is 0 Å². The summed E-state index contributed by atoms with van der Waals surface area (Å²) in [5.74, 6) is 0.616. The van der Waals surface area contributed by atoms with Crippen LogP contribution in [0.15, 0.2) is 49.1 Å². The largest absolute Gasteiger partial charge is 0.294 e. The van der Waals surface area contributed by atoms with Gasteiger partial charge in [-0.1, -0.05) is 18.2 Å². The van der Waals surface area contributed by atoms with Gasteiger partial charge in [-0.15, -0.1) is 0 Å². The highest BCUT2D eigenvalue weighted by molar-refractivity contribution is 5.96. The van der Waals surface area contributed by atoms with Gasteiger partial charge in [-0.3, -0.25) is 9.48 Å². The van der Waals surface area contributed by atoms with E-state index in [1.165, 1.54) is 6.33 Å². The minimum Gasteiger partial charge on any atom is -0.294 e. The minimum absolute atomic E-state index is 0.0247. The van der Waals surface area contributed by atoms with Gasteiger partial charge in [0.2, 0.25) is 0 Å². The fourth-order valence-electron chi connectivity index (χ4n) is 1.91. The molecule has 0 N–H and O–H groups in total. The predicted molar refractivity (Wildman–Crippen MR) is 72.6 cm³/mol. The Kier molecular flexibility index (Phi) is 3.12. The smallest absolute Gasteiger partial charge is 0.173 e. The van der Waals surface area contributed by atoms with Crippen molar-refractivity contribution in [2.75, 3.05) is 0 Å². The van der Waals surface area contributed by atoms with Crippen LogP contribution in [0.1, 0.15) is 16.2 Å². The van der Waals surface area contributed by atoms with Crippen LogP contribution in [0.25, 0.3) is 5.69 Å². The van der Waals surface area contributed by atoms with Gasteiger partial charge in [-0.05, 0) is 12.1 Å². The molecule has 6 heteroatoms. The molecule has 0 aliphatic rings. The van der Waals surface area contributed by atoms with E-state index in [1.807, 2.05) is 30.3 Å². The zero-order valence-corrected chi connectivity index (χ0v) is 11.0. The van der Waals surface area contributed by atoms with E-state index in [4.69, 9.17) is 0 Å². The van der Waals surface area contributed by atoms with E-state index in [2.05, 4.69) is 15.2 Å². The van der Waals surface area contributed by atoms with Gasteiger partial charge < -0.3 is 0 Å². The van der Waals surface area contributed by atoms with Crippen molar-refractivity contribution in [3.8, 4) is 5.69 Å². The highest BCUT2D eigenvalue weighted by atomic mass is 16.1. The van der Waals surface area contributed by atoms with E-state index < -0.39 is 0 Å². The molecule has 100 valence electrons. The fourth-order valence-corrected chi connectivity index (χ4v) is 1.91. The maximum Gasteiger partial charge on any atom is 0.173 e. The highest BCUT2D eigenvalue weighted by Crippen LogP contribution is 2.09. The van der Waals surface area contributed by atoms with Gasteiger partial charge in [0, 0.05) is 13.2 Å². The molecule has 6 nitrogen and oxygen atoms in total. The molecule has 3 rings (SSSR count). The zero-order valence-electron chi connectivity index (χ0n) is 11.0. The van der Waals surface area contributed by atoms with Crippen molar-refractivity contribution in [3.05, 3.63) is 60.4 Å². The van der Waals surface area contributed by atoms with Crippen LogP contribution in [0.5, 0.6) is 0 Å². The van der Waals surface area contributed by atoms with Gasteiger partial charge in [0.15, 0.2) is 5.78 Å². The summed E-state index contributed by atoms with van der Waals surface area (Å²) in [6.45, 7) is 0. The van der Waals surface area contributed by atoms with Crippen molar-refractivity contribution in [1.82, 2.24) is 24.5 Å². The molecule has 0 unspecified atom stereocenters. The number of hydrogen-bond acceptors (Lipinski definition) is 4. The number of Topliss-reactive ketones (excluding diaryl/α,β-unsaturated/α-hetero) is 1. The molecule has 20 heavy (non-hydrogen) atoms. The second kappa shape index (κ2) is 5.08. The van der Waals surface area contributed by atoms with Crippen LogP contribution in [-0.2, 0) is 13.5 Å². The van der Waals surface area contributed by atoms with E-state index in [0.717, 1.165) is 5.69 Å². The van der Waals surface area contributed by atoms with E-state index in [9.17, 15) is 4.79 Å². The number of rotatable bonds is 4. The van der Waals surface area contributed by atoms with Crippen molar-refractivity contribution < 1.29 is 4.79 Å². The Balaban J connectivity index is 1.80. The third-order valence-corrected chi connectivity index (χ3v) is 3.05. The third kappa shape index (κ3) is 2.35. The molecule has 0 bridgehead atoms. The topological polar surface area (TPSA) is 65.6 Å². The number of para-hydroxylation sites is 1. The van der Waals surface area contributed by atoms with E-state index in [-0.39, 0.29) is 12.2 Å². The standard InChI is InChI=1S/C14H13N5O/c1-18-14(15-10-17-18)7-13(20)11-8-16-19(9-11)12-5-3-2-4-6-12/h2-6,8-10H,7H2,1H3. The van der Waals surface area contributed by atoms with Crippen LogP contribution in [0.4, 0.5) is 0 Å². The number of benzene rings is 1. The molecule has 0 spiro atoms. The molecule has 0 saturated heterocycles. The van der Waals surface area contributed by atoms with Crippen LogP contribution < -0.4 is 0 Å². The summed E-state index contributed by atoms with van der Waals surface area (Å²) in [7, 11) is 1.77. The SMILES string of the molecule is Cn1ncnc1CC(=O)c1cnn(-c2ccccc2)c1. The molecule has 1 aromatic carbocycles. The van der Waals surface area contributed by atoms with E-state index in [0.29, 0.717) is 11.4 Å². The summed E-state index contributed by atoms with van der Waals surface area (Å²) in [6.07, 6.45) is 4.97. The second-order valence-corrected chi connectivity index (χ2v) is 4.41. The Morgan fingerprint density at radius 2 is 2.00 bits per heavy atom. The number of aryl methyl sites for hydroxylation is 1. The van der Waals surface area contributed by atoms with Crippen LogP contribution >= 0.6 is 0 Å². The molecule has 0 radical (unpaired) electrons. The van der Waals surface area contributed by atoms with Gasteiger partial charge in [-0.2, -0.15) is 10.2 Å². The highest BCUT2D eigenvalue weighted by Gasteiger charge is 2.13. The van der Waals surface area contributed by atoms with Crippen molar-refractivity contribution in [2.45, 2.75) is 6.42 Å². The van der Waals surface area contributed by atoms with Gasteiger partial charge in [-0.25, -0.2) is 9.67 Å². The monoisotopic (exact) mass is 267 g/mol. The minimum atomic E-state index is -0.0247. The van der Waals surface area contributed by atoms with Gasteiger partial charge in [0.05, 0.1) is 23.9 Å². The summed E-state index contributed by atoms with van der Waals surface area (Å²) in [4.78, 5) is 16.2. The first kappa shape index (κ1) is 12.3. The Hall–Kier alpha value is -2.76. The fraction of sp³-hybridized carbons (Fsp3) is 0.143. The number of hydrogen-bond donors (Lipinski definition) is 0. The Morgan fingerprint density at radius 3 is 2.70 bits per heavy atom. The van der Waals surface area contributed by atoms with E-state index >= 15 is 0 Å². The van der Waals surface area contributed by atoms with E-state index in [1.54, 1.807) is 28.8 Å². The number of nitrogens with zero attached hydrogens (tertiary/aromatic N) is 5. The van der Waals surface area contributed by atoms with Crippen molar-refractivity contribution in [2.24, 2.45) is 7.05 Å². The lowest BCUT2D eigenvalue weighted by atomic mass is 10.1. The summed E-state index contributed by atoms with van der Waals surface area (Å²) >= 11 is 0. The lowest BCUT2D eigenvalue weighted by molar-refractivity contribution is 0.0989. The molecule has 3 aromatic rings. The molecule has 0 atom stereocenters. The molecule has 0 fully saturated rings. The first-order chi connectivity index (χ1) is 9.74. The molecular formula is C14H13N5O. The summed E-state index contributed by atoms with van der Waals surface area (Å²) in [6, 6.07) is 9.66.